The summed E-state index contributed by atoms with van der Waals surface area (Å²) in [4.78, 5) is 12.1. The maximum absolute atomic E-state index is 12.1. The first kappa shape index (κ1) is 10.4. The number of ether oxygens (including phenoxy) is 1. The maximum atomic E-state index is 12.1. The minimum atomic E-state index is -0.197. The van der Waals surface area contributed by atoms with Gasteiger partial charge in [-0.2, -0.15) is 10.2 Å². The molecule has 6 nitrogen and oxygen atoms in total. The molecule has 0 unspecified atom stereocenters. The Bertz CT molecular complexity index is 527. The number of carbonyl (C=O) groups is 1. The highest BCUT2D eigenvalue weighted by atomic mass is 16.5. The number of methoxy groups -OCH3 is 1. The number of hydrogen-bond acceptors (Lipinski definition) is 4. The minimum Gasteiger partial charge on any atom is -0.493 e. The third kappa shape index (κ3) is 1.58. The van der Waals surface area contributed by atoms with Gasteiger partial charge in [0.25, 0.3) is 0 Å². The van der Waals surface area contributed by atoms with E-state index in [0.717, 1.165) is 0 Å². The molecule has 2 aromatic rings. The van der Waals surface area contributed by atoms with E-state index >= 15 is 0 Å². The second-order valence-corrected chi connectivity index (χ2v) is 3.39. The van der Waals surface area contributed by atoms with E-state index in [2.05, 4.69) is 10.2 Å². The van der Waals surface area contributed by atoms with Crippen LogP contribution in [0.3, 0.4) is 0 Å². The average Bonchev–Trinajstić information content (AvgIpc) is 2.83. The van der Waals surface area contributed by atoms with Gasteiger partial charge in [-0.1, -0.05) is 0 Å². The van der Waals surface area contributed by atoms with Crippen molar-refractivity contribution in [2.75, 3.05) is 7.11 Å². The Balaban J connectivity index is 2.44. The summed E-state index contributed by atoms with van der Waals surface area (Å²) in [7, 11) is 4.96. The molecule has 16 heavy (non-hydrogen) atoms. The van der Waals surface area contributed by atoms with Crippen molar-refractivity contribution < 1.29 is 9.53 Å². The van der Waals surface area contributed by atoms with E-state index in [-0.39, 0.29) is 5.78 Å². The van der Waals surface area contributed by atoms with Crippen LogP contribution in [-0.4, -0.2) is 32.5 Å². The SMILES string of the molecule is COc1cnn(C)c1C(=O)c1ccn(C)n1. The van der Waals surface area contributed by atoms with Gasteiger partial charge in [0, 0.05) is 20.3 Å². The van der Waals surface area contributed by atoms with E-state index < -0.39 is 0 Å². The molecule has 2 heterocycles. The fourth-order valence-corrected chi connectivity index (χ4v) is 1.48. The molecular weight excluding hydrogens is 208 g/mol. The van der Waals surface area contributed by atoms with Crippen molar-refractivity contribution in [3.63, 3.8) is 0 Å². The maximum Gasteiger partial charge on any atom is 0.235 e. The molecule has 0 aliphatic rings. The highest BCUT2D eigenvalue weighted by molar-refractivity contribution is 6.08. The summed E-state index contributed by atoms with van der Waals surface area (Å²) in [6, 6.07) is 1.66. The molecule has 0 fully saturated rings. The first-order valence-electron chi connectivity index (χ1n) is 4.74. The smallest absolute Gasteiger partial charge is 0.235 e. The van der Waals surface area contributed by atoms with Crippen LogP contribution in [0, 0.1) is 0 Å². The molecule has 0 saturated carbocycles. The van der Waals surface area contributed by atoms with Crippen molar-refractivity contribution in [2.24, 2.45) is 14.1 Å². The largest absolute Gasteiger partial charge is 0.493 e. The van der Waals surface area contributed by atoms with E-state index in [0.29, 0.717) is 17.1 Å². The Labute approximate surface area is 92.4 Å². The van der Waals surface area contributed by atoms with Gasteiger partial charge in [-0.3, -0.25) is 14.2 Å². The minimum absolute atomic E-state index is 0.197. The first-order chi connectivity index (χ1) is 7.63. The fourth-order valence-electron chi connectivity index (χ4n) is 1.48. The molecule has 0 aromatic carbocycles. The molecule has 2 rings (SSSR count). The summed E-state index contributed by atoms with van der Waals surface area (Å²) >= 11 is 0. The number of rotatable bonds is 3. The van der Waals surface area contributed by atoms with Crippen LogP contribution >= 0.6 is 0 Å². The second kappa shape index (κ2) is 3.80. The zero-order valence-corrected chi connectivity index (χ0v) is 9.34. The molecule has 0 atom stereocenters. The number of aryl methyl sites for hydroxylation is 2. The third-order valence-corrected chi connectivity index (χ3v) is 2.29. The first-order valence-corrected chi connectivity index (χ1v) is 4.74. The number of carbonyl (C=O) groups excluding carboxylic acids is 1. The van der Waals surface area contributed by atoms with Gasteiger partial charge in [-0.05, 0) is 6.07 Å². The van der Waals surface area contributed by atoms with Crippen LogP contribution in [0.1, 0.15) is 16.2 Å². The van der Waals surface area contributed by atoms with E-state index in [1.807, 2.05) is 0 Å². The highest BCUT2D eigenvalue weighted by Crippen LogP contribution is 2.19. The standard InChI is InChI=1S/C10H12N4O2/c1-13-5-4-7(12-13)10(15)9-8(16-3)6-11-14(9)2/h4-6H,1-3H3. The predicted molar refractivity (Wildman–Crippen MR) is 56.4 cm³/mol. The zero-order chi connectivity index (χ0) is 11.7. The van der Waals surface area contributed by atoms with Crippen molar-refractivity contribution >= 4 is 5.78 Å². The van der Waals surface area contributed by atoms with Crippen LogP contribution in [0.4, 0.5) is 0 Å². The molecule has 0 spiro atoms. The Morgan fingerprint density at radius 1 is 1.44 bits per heavy atom. The Kier molecular flexibility index (Phi) is 2.47. The van der Waals surface area contributed by atoms with E-state index in [1.165, 1.54) is 18.0 Å². The zero-order valence-electron chi connectivity index (χ0n) is 9.34. The van der Waals surface area contributed by atoms with Gasteiger partial charge in [0.2, 0.25) is 5.78 Å². The van der Waals surface area contributed by atoms with Crippen molar-refractivity contribution in [3.8, 4) is 5.75 Å². The monoisotopic (exact) mass is 220 g/mol. The number of ketones is 1. The van der Waals surface area contributed by atoms with Crippen molar-refractivity contribution in [3.05, 3.63) is 29.8 Å². The summed E-state index contributed by atoms with van der Waals surface area (Å²) in [6.07, 6.45) is 3.23. The quantitative estimate of drug-likeness (QED) is 0.702. The Morgan fingerprint density at radius 2 is 2.19 bits per heavy atom. The Morgan fingerprint density at radius 3 is 2.75 bits per heavy atom. The molecule has 0 aliphatic heterocycles. The molecule has 0 bridgehead atoms. The normalized spacial score (nSPS) is 10.4. The molecule has 0 radical (unpaired) electrons. The van der Waals surface area contributed by atoms with Crippen molar-refractivity contribution in [2.45, 2.75) is 0 Å². The summed E-state index contributed by atoms with van der Waals surface area (Å²) in [6.45, 7) is 0. The number of nitrogens with zero attached hydrogens (tertiary/aromatic N) is 4. The summed E-state index contributed by atoms with van der Waals surface area (Å²) in [5.41, 5.74) is 0.783. The lowest BCUT2D eigenvalue weighted by Crippen LogP contribution is -2.10. The molecule has 6 heteroatoms. The molecular formula is C10H12N4O2. The Hall–Kier alpha value is -2.11. The summed E-state index contributed by atoms with van der Waals surface area (Å²) < 4.78 is 8.14. The van der Waals surface area contributed by atoms with Crippen LogP contribution in [0.2, 0.25) is 0 Å². The molecule has 0 amide bonds. The van der Waals surface area contributed by atoms with E-state index in [1.54, 1.807) is 31.0 Å². The summed E-state index contributed by atoms with van der Waals surface area (Å²) in [5, 5.41) is 8.03. The van der Waals surface area contributed by atoms with Crippen LogP contribution in [0.15, 0.2) is 18.5 Å². The predicted octanol–water partition coefficient (Wildman–Crippen LogP) is 0.393. The molecule has 0 N–H and O–H groups in total. The van der Waals surface area contributed by atoms with Gasteiger partial charge in [0.1, 0.15) is 5.69 Å². The van der Waals surface area contributed by atoms with Crippen molar-refractivity contribution in [1.82, 2.24) is 19.6 Å². The number of hydrogen-bond donors (Lipinski definition) is 0. The van der Waals surface area contributed by atoms with Gasteiger partial charge >= 0.3 is 0 Å². The van der Waals surface area contributed by atoms with Gasteiger partial charge in [0.05, 0.1) is 13.3 Å². The van der Waals surface area contributed by atoms with Gasteiger partial charge in [0.15, 0.2) is 11.4 Å². The fraction of sp³-hybridized carbons (Fsp3) is 0.300. The van der Waals surface area contributed by atoms with Crippen molar-refractivity contribution in [1.29, 1.82) is 0 Å². The van der Waals surface area contributed by atoms with E-state index in [9.17, 15) is 4.79 Å². The van der Waals surface area contributed by atoms with Crippen LogP contribution in [0.25, 0.3) is 0 Å². The molecule has 0 saturated heterocycles. The van der Waals surface area contributed by atoms with Crippen LogP contribution < -0.4 is 4.74 Å². The second-order valence-electron chi connectivity index (χ2n) is 3.39. The average molecular weight is 220 g/mol. The van der Waals surface area contributed by atoms with Gasteiger partial charge in [-0.15, -0.1) is 0 Å². The van der Waals surface area contributed by atoms with Gasteiger partial charge < -0.3 is 4.74 Å². The molecule has 2 aromatic heterocycles. The van der Waals surface area contributed by atoms with Crippen LogP contribution in [0.5, 0.6) is 5.75 Å². The number of aromatic nitrogens is 4. The van der Waals surface area contributed by atoms with E-state index in [4.69, 9.17) is 4.74 Å². The lowest BCUT2D eigenvalue weighted by atomic mass is 10.2. The topological polar surface area (TPSA) is 61.9 Å². The molecule has 0 aliphatic carbocycles. The highest BCUT2D eigenvalue weighted by Gasteiger charge is 2.21. The summed E-state index contributed by atoms with van der Waals surface area (Å²) in [5.74, 6) is 0.260. The lowest BCUT2D eigenvalue weighted by Gasteiger charge is -2.01. The molecule has 84 valence electrons. The van der Waals surface area contributed by atoms with Gasteiger partial charge in [-0.25, -0.2) is 0 Å². The lowest BCUT2D eigenvalue weighted by molar-refractivity contribution is 0.102. The third-order valence-electron chi connectivity index (χ3n) is 2.29. The van der Waals surface area contributed by atoms with Crippen LogP contribution in [-0.2, 0) is 14.1 Å².